The minimum atomic E-state index is -1.04. The van der Waals surface area contributed by atoms with E-state index in [0.29, 0.717) is 17.7 Å². The number of fused-ring (bicyclic) bond motifs is 3. The van der Waals surface area contributed by atoms with E-state index in [2.05, 4.69) is 21.1 Å². The van der Waals surface area contributed by atoms with Gasteiger partial charge in [0.1, 0.15) is 0 Å². The monoisotopic (exact) mass is 279 g/mol. The number of hydrogen-bond donors (Lipinski definition) is 1. The number of nitrogens with zero attached hydrogens (tertiary/aromatic N) is 1. The maximum atomic E-state index is 10.9. The van der Waals surface area contributed by atoms with Gasteiger partial charge in [0.05, 0.1) is 0 Å². The van der Waals surface area contributed by atoms with Gasteiger partial charge >= 0.3 is 5.97 Å². The summed E-state index contributed by atoms with van der Waals surface area (Å²) in [7, 11) is 0. The number of carbonyl (C=O) groups is 1. The Hall–Kier alpha value is -1.62. The number of aromatic carboxylic acids is 1. The van der Waals surface area contributed by atoms with Gasteiger partial charge in [0.15, 0.2) is 11.5 Å². The number of halogens is 1. The molecule has 1 aliphatic carbocycles. The van der Waals surface area contributed by atoms with E-state index < -0.39 is 5.97 Å². The van der Waals surface area contributed by atoms with Crippen LogP contribution in [0.1, 0.15) is 21.6 Å². The van der Waals surface area contributed by atoms with E-state index in [4.69, 9.17) is 9.63 Å². The second-order valence-corrected chi connectivity index (χ2v) is 4.54. The van der Waals surface area contributed by atoms with Crippen molar-refractivity contribution in [1.82, 2.24) is 5.16 Å². The first kappa shape index (κ1) is 9.59. The summed E-state index contributed by atoms with van der Waals surface area (Å²) in [5.41, 5.74) is 2.68. The molecular weight excluding hydrogens is 274 g/mol. The highest BCUT2D eigenvalue weighted by Gasteiger charge is 2.29. The van der Waals surface area contributed by atoms with E-state index >= 15 is 0 Å². The first-order valence-electron chi connectivity index (χ1n) is 4.67. The third kappa shape index (κ3) is 1.21. The molecule has 80 valence electrons. The molecule has 0 bridgehead atoms. The molecule has 0 saturated carbocycles. The largest absolute Gasteiger partial charge is 0.476 e. The molecule has 16 heavy (non-hydrogen) atoms. The van der Waals surface area contributed by atoms with Crippen LogP contribution in [-0.2, 0) is 6.42 Å². The summed E-state index contributed by atoms with van der Waals surface area (Å²) in [5.74, 6) is -0.461. The molecule has 2 aromatic rings. The molecule has 5 heteroatoms. The van der Waals surface area contributed by atoms with Crippen LogP contribution in [0.4, 0.5) is 0 Å². The number of hydrogen-bond acceptors (Lipinski definition) is 3. The number of aromatic nitrogens is 1. The van der Waals surface area contributed by atoms with Crippen LogP contribution < -0.4 is 0 Å². The van der Waals surface area contributed by atoms with Crippen LogP contribution in [0.25, 0.3) is 11.3 Å². The Kier molecular flexibility index (Phi) is 1.91. The van der Waals surface area contributed by atoms with Crippen LogP contribution in [0.2, 0.25) is 0 Å². The van der Waals surface area contributed by atoms with Crippen LogP contribution >= 0.6 is 15.9 Å². The Morgan fingerprint density at radius 1 is 1.50 bits per heavy atom. The van der Waals surface area contributed by atoms with Gasteiger partial charge in [-0.05, 0) is 23.8 Å². The van der Waals surface area contributed by atoms with E-state index in [-0.39, 0.29) is 5.69 Å². The summed E-state index contributed by atoms with van der Waals surface area (Å²) < 4.78 is 6.06. The fraction of sp³-hybridized carbons (Fsp3) is 0.0909. The van der Waals surface area contributed by atoms with Crippen LogP contribution in [0, 0.1) is 0 Å². The quantitative estimate of drug-likeness (QED) is 0.744. The third-order valence-corrected chi connectivity index (χ3v) is 3.16. The van der Waals surface area contributed by atoms with Crippen molar-refractivity contribution in [2.45, 2.75) is 6.42 Å². The molecule has 4 nitrogen and oxygen atoms in total. The van der Waals surface area contributed by atoms with Crippen molar-refractivity contribution >= 4 is 21.9 Å². The molecule has 0 atom stereocenters. The summed E-state index contributed by atoms with van der Waals surface area (Å²) >= 11 is 3.38. The maximum Gasteiger partial charge on any atom is 0.358 e. The molecule has 0 amide bonds. The lowest BCUT2D eigenvalue weighted by Crippen LogP contribution is -2.00. The van der Waals surface area contributed by atoms with Crippen LogP contribution in [0.5, 0.6) is 0 Å². The van der Waals surface area contributed by atoms with Gasteiger partial charge in [0.2, 0.25) is 0 Å². The second-order valence-electron chi connectivity index (χ2n) is 3.62. The van der Waals surface area contributed by atoms with Gasteiger partial charge in [-0.15, -0.1) is 0 Å². The average molecular weight is 280 g/mol. The lowest BCUT2D eigenvalue weighted by molar-refractivity contribution is 0.0685. The molecule has 1 aromatic carbocycles. The number of carboxylic acid groups (broad SMARTS) is 1. The molecule has 0 spiro atoms. The first-order valence-corrected chi connectivity index (χ1v) is 5.47. The SMILES string of the molecule is O=C(O)c1noc2c1Cc1cc(Br)ccc1-2. The fourth-order valence-electron chi connectivity index (χ4n) is 1.97. The van der Waals surface area contributed by atoms with E-state index in [1.54, 1.807) is 0 Å². The first-order chi connectivity index (χ1) is 7.66. The van der Waals surface area contributed by atoms with E-state index in [1.807, 2.05) is 18.2 Å². The zero-order chi connectivity index (χ0) is 11.3. The van der Waals surface area contributed by atoms with E-state index in [0.717, 1.165) is 15.6 Å². The smallest absolute Gasteiger partial charge is 0.358 e. The average Bonchev–Trinajstić information content (AvgIpc) is 2.74. The summed E-state index contributed by atoms with van der Waals surface area (Å²) in [6.45, 7) is 0. The lowest BCUT2D eigenvalue weighted by atomic mass is 10.1. The van der Waals surface area contributed by atoms with Crippen LogP contribution in [0.15, 0.2) is 27.2 Å². The van der Waals surface area contributed by atoms with Crippen molar-refractivity contribution in [2.24, 2.45) is 0 Å². The molecule has 0 radical (unpaired) electrons. The van der Waals surface area contributed by atoms with Gasteiger partial charge in [0.25, 0.3) is 0 Å². The predicted octanol–water partition coefficient (Wildman–Crippen LogP) is 2.71. The van der Waals surface area contributed by atoms with E-state index in [9.17, 15) is 4.79 Å². The summed E-state index contributed by atoms with van der Waals surface area (Å²) in [5, 5.41) is 12.5. The minimum Gasteiger partial charge on any atom is -0.476 e. The third-order valence-electron chi connectivity index (χ3n) is 2.67. The highest BCUT2D eigenvalue weighted by molar-refractivity contribution is 9.10. The molecule has 0 aliphatic heterocycles. The Morgan fingerprint density at radius 3 is 3.06 bits per heavy atom. The number of carboxylic acids is 1. The van der Waals surface area contributed by atoms with Crippen LogP contribution in [0.3, 0.4) is 0 Å². The maximum absolute atomic E-state index is 10.9. The van der Waals surface area contributed by atoms with Gasteiger partial charge in [-0.3, -0.25) is 0 Å². The molecule has 0 unspecified atom stereocenters. The van der Waals surface area contributed by atoms with Gasteiger partial charge < -0.3 is 9.63 Å². The molecule has 0 fully saturated rings. The summed E-state index contributed by atoms with van der Waals surface area (Å²) in [4.78, 5) is 10.9. The van der Waals surface area contributed by atoms with Crippen molar-refractivity contribution in [1.29, 1.82) is 0 Å². The Bertz CT molecular complexity index is 603. The van der Waals surface area contributed by atoms with Crippen molar-refractivity contribution < 1.29 is 14.4 Å². The van der Waals surface area contributed by atoms with Crippen molar-refractivity contribution in [2.75, 3.05) is 0 Å². The van der Waals surface area contributed by atoms with Gasteiger partial charge in [-0.2, -0.15) is 0 Å². The standard InChI is InChI=1S/C11H6BrNO3/c12-6-1-2-7-5(3-6)4-8-9(11(14)15)13-16-10(7)8/h1-3H,4H2,(H,14,15). The lowest BCUT2D eigenvalue weighted by Gasteiger charge is -1.98. The Morgan fingerprint density at radius 2 is 2.31 bits per heavy atom. The Balaban J connectivity index is 2.20. The van der Waals surface area contributed by atoms with E-state index in [1.165, 1.54) is 0 Å². The zero-order valence-electron chi connectivity index (χ0n) is 8.03. The minimum absolute atomic E-state index is 0.0160. The summed E-state index contributed by atoms with van der Waals surface area (Å²) in [6, 6.07) is 5.77. The predicted molar refractivity (Wildman–Crippen MR) is 59.4 cm³/mol. The molecule has 3 rings (SSSR count). The highest BCUT2D eigenvalue weighted by atomic mass is 79.9. The molecule has 1 aromatic heterocycles. The summed E-state index contributed by atoms with van der Waals surface area (Å²) in [6.07, 6.45) is 0.565. The van der Waals surface area contributed by atoms with Gasteiger partial charge in [0, 0.05) is 22.0 Å². The molecule has 1 aliphatic rings. The van der Waals surface area contributed by atoms with Gasteiger partial charge in [-0.25, -0.2) is 4.79 Å². The fourth-order valence-corrected chi connectivity index (χ4v) is 2.38. The molecule has 1 N–H and O–H groups in total. The number of rotatable bonds is 1. The zero-order valence-corrected chi connectivity index (χ0v) is 9.61. The van der Waals surface area contributed by atoms with Crippen molar-refractivity contribution in [3.8, 4) is 11.3 Å². The molecule has 0 saturated heterocycles. The second kappa shape index (κ2) is 3.18. The topological polar surface area (TPSA) is 63.3 Å². The Labute approximate surface area is 99.0 Å². The van der Waals surface area contributed by atoms with Crippen LogP contribution in [-0.4, -0.2) is 16.2 Å². The molecule has 1 heterocycles. The number of benzene rings is 1. The highest BCUT2D eigenvalue weighted by Crippen LogP contribution is 2.39. The normalized spacial score (nSPS) is 12.3. The van der Waals surface area contributed by atoms with Crippen molar-refractivity contribution in [3.63, 3.8) is 0 Å². The molecular formula is C11H6BrNO3. The van der Waals surface area contributed by atoms with Crippen molar-refractivity contribution in [3.05, 3.63) is 39.5 Å². The van der Waals surface area contributed by atoms with Gasteiger partial charge in [-0.1, -0.05) is 21.1 Å².